The molecule has 0 amide bonds. The standard InChI is InChI=1S/C18H16N2/c1-2-9-18-17(15-10-5-3-6-11-15)14-20(19-18)16-12-7-4-8-13-16/h2-14H,1H3. The minimum absolute atomic E-state index is 0.988. The predicted molar refractivity (Wildman–Crippen MR) is 83.7 cm³/mol. The molecule has 1 aromatic heterocycles. The summed E-state index contributed by atoms with van der Waals surface area (Å²) in [5.41, 5.74) is 4.39. The van der Waals surface area contributed by atoms with Crippen LogP contribution in [0.5, 0.6) is 0 Å². The molecule has 0 unspecified atom stereocenters. The van der Waals surface area contributed by atoms with E-state index in [1.54, 1.807) is 0 Å². The van der Waals surface area contributed by atoms with Crippen molar-refractivity contribution in [3.63, 3.8) is 0 Å². The summed E-state index contributed by atoms with van der Waals surface area (Å²) >= 11 is 0. The molecule has 0 saturated heterocycles. The van der Waals surface area contributed by atoms with Crippen molar-refractivity contribution in [1.29, 1.82) is 0 Å². The first-order chi connectivity index (χ1) is 9.88. The number of hydrogen-bond acceptors (Lipinski definition) is 1. The summed E-state index contributed by atoms with van der Waals surface area (Å²) in [7, 11) is 0. The van der Waals surface area contributed by atoms with E-state index < -0.39 is 0 Å². The molecule has 0 aliphatic heterocycles. The van der Waals surface area contributed by atoms with E-state index in [0.29, 0.717) is 0 Å². The van der Waals surface area contributed by atoms with E-state index in [0.717, 1.165) is 16.9 Å². The lowest BCUT2D eigenvalue weighted by molar-refractivity contribution is 0.876. The summed E-state index contributed by atoms with van der Waals surface area (Å²) in [4.78, 5) is 0. The van der Waals surface area contributed by atoms with Gasteiger partial charge in [-0.3, -0.25) is 0 Å². The van der Waals surface area contributed by atoms with Crippen molar-refractivity contribution in [2.24, 2.45) is 0 Å². The Labute approximate surface area is 119 Å². The second-order valence-electron chi connectivity index (χ2n) is 4.57. The first-order valence-electron chi connectivity index (χ1n) is 6.71. The molecule has 0 aliphatic carbocycles. The molecule has 1 heterocycles. The Morgan fingerprint density at radius 2 is 1.55 bits per heavy atom. The third-order valence-corrected chi connectivity index (χ3v) is 3.17. The van der Waals surface area contributed by atoms with E-state index in [9.17, 15) is 0 Å². The van der Waals surface area contributed by atoms with Gasteiger partial charge < -0.3 is 0 Å². The van der Waals surface area contributed by atoms with Crippen molar-refractivity contribution in [3.8, 4) is 16.8 Å². The number of aromatic nitrogens is 2. The Hall–Kier alpha value is -2.61. The highest BCUT2D eigenvalue weighted by atomic mass is 15.3. The fraction of sp³-hybridized carbons (Fsp3) is 0.0556. The molecule has 2 heteroatoms. The van der Waals surface area contributed by atoms with Gasteiger partial charge in [0.25, 0.3) is 0 Å². The maximum atomic E-state index is 4.68. The van der Waals surface area contributed by atoms with Gasteiger partial charge in [0, 0.05) is 11.8 Å². The Balaban J connectivity index is 2.13. The lowest BCUT2D eigenvalue weighted by Gasteiger charge is -1.99. The molecule has 0 aliphatic rings. The van der Waals surface area contributed by atoms with Crippen LogP contribution in [0.1, 0.15) is 12.6 Å². The van der Waals surface area contributed by atoms with Crippen LogP contribution < -0.4 is 0 Å². The van der Waals surface area contributed by atoms with Crippen LogP contribution in [-0.2, 0) is 0 Å². The second kappa shape index (κ2) is 5.57. The third-order valence-electron chi connectivity index (χ3n) is 3.17. The molecule has 0 saturated carbocycles. The van der Waals surface area contributed by atoms with Gasteiger partial charge in [-0.15, -0.1) is 0 Å². The van der Waals surface area contributed by atoms with E-state index in [1.807, 2.05) is 48.0 Å². The number of hydrogen-bond donors (Lipinski definition) is 0. The molecule has 20 heavy (non-hydrogen) atoms. The summed E-state index contributed by atoms with van der Waals surface area (Å²) in [5.74, 6) is 0. The van der Waals surface area contributed by atoms with Crippen molar-refractivity contribution in [1.82, 2.24) is 9.78 Å². The number of nitrogens with zero attached hydrogens (tertiary/aromatic N) is 2. The highest BCUT2D eigenvalue weighted by Crippen LogP contribution is 2.25. The number of benzene rings is 2. The maximum Gasteiger partial charge on any atom is 0.0930 e. The highest BCUT2D eigenvalue weighted by molar-refractivity contribution is 5.73. The van der Waals surface area contributed by atoms with E-state index in [2.05, 4.69) is 47.7 Å². The van der Waals surface area contributed by atoms with Crippen LogP contribution in [0, 0.1) is 0 Å². The molecule has 3 rings (SSSR count). The summed E-state index contributed by atoms with van der Waals surface area (Å²) in [6.07, 6.45) is 6.14. The average molecular weight is 260 g/mol. The smallest absolute Gasteiger partial charge is 0.0930 e. The van der Waals surface area contributed by atoms with Gasteiger partial charge in [-0.05, 0) is 30.7 Å². The Kier molecular flexibility index (Phi) is 3.46. The minimum Gasteiger partial charge on any atom is -0.240 e. The van der Waals surface area contributed by atoms with Crippen LogP contribution >= 0.6 is 0 Å². The lowest BCUT2D eigenvalue weighted by atomic mass is 10.1. The molecule has 2 aromatic carbocycles. The maximum absolute atomic E-state index is 4.68. The fourth-order valence-electron chi connectivity index (χ4n) is 2.22. The normalized spacial score (nSPS) is 11.1. The first kappa shape index (κ1) is 12.4. The second-order valence-corrected chi connectivity index (χ2v) is 4.57. The van der Waals surface area contributed by atoms with Gasteiger partial charge in [-0.2, -0.15) is 5.10 Å². The summed E-state index contributed by atoms with van der Waals surface area (Å²) < 4.78 is 1.93. The van der Waals surface area contributed by atoms with Crippen LogP contribution in [0.4, 0.5) is 0 Å². The van der Waals surface area contributed by atoms with Gasteiger partial charge >= 0.3 is 0 Å². The lowest BCUT2D eigenvalue weighted by Crippen LogP contribution is -1.93. The van der Waals surface area contributed by atoms with Crippen LogP contribution in [0.25, 0.3) is 22.9 Å². The number of para-hydroxylation sites is 1. The van der Waals surface area contributed by atoms with Gasteiger partial charge in [0.2, 0.25) is 0 Å². The van der Waals surface area contributed by atoms with E-state index >= 15 is 0 Å². The summed E-state index contributed by atoms with van der Waals surface area (Å²) in [5, 5.41) is 4.68. The van der Waals surface area contributed by atoms with E-state index in [1.165, 1.54) is 5.56 Å². The zero-order valence-corrected chi connectivity index (χ0v) is 11.4. The third kappa shape index (κ3) is 2.41. The molecule has 0 spiro atoms. The molecule has 0 fully saturated rings. The van der Waals surface area contributed by atoms with Crippen molar-refractivity contribution in [2.75, 3.05) is 0 Å². The van der Waals surface area contributed by atoms with E-state index in [4.69, 9.17) is 0 Å². The van der Waals surface area contributed by atoms with Gasteiger partial charge in [-0.1, -0.05) is 54.6 Å². The fourth-order valence-corrected chi connectivity index (χ4v) is 2.22. The molecular weight excluding hydrogens is 244 g/mol. The molecule has 98 valence electrons. The number of rotatable bonds is 3. The zero-order chi connectivity index (χ0) is 13.8. The largest absolute Gasteiger partial charge is 0.240 e. The first-order valence-corrected chi connectivity index (χ1v) is 6.71. The van der Waals surface area contributed by atoms with Crippen molar-refractivity contribution < 1.29 is 0 Å². The molecule has 0 N–H and O–H groups in total. The van der Waals surface area contributed by atoms with Gasteiger partial charge in [0.15, 0.2) is 0 Å². The average Bonchev–Trinajstić information content (AvgIpc) is 2.94. The Morgan fingerprint density at radius 1 is 0.900 bits per heavy atom. The minimum atomic E-state index is 0.988. The van der Waals surface area contributed by atoms with Gasteiger partial charge in [0.05, 0.1) is 11.4 Å². The molecule has 0 bridgehead atoms. The molecular formula is C18H16N2. The SMILES string of the molecule is CC=Cc1nn(-c2ccccc2)cc1-c1ccccc1. The monoisotopic (exact) mass is 260 g/mol. The number of allylic oxidation sites excluding steroid dienone is 1. The summed E-state index contributed by atoms with van der Waals surface area (Å²) in [6.45, 7) is 2.01. The Bertz CT molecular complexity index is 710. The van der Waals surface area contributed by atoms with Crippen LogP contribution in [0.2, 0.25) is 0 Å². The van der Waals surface area contributed by atoms with Crippen LogP contribution in [0.3, 0.4) is 0 Å². The van der Waals surface area contributed by atoms with E-state index in [-0.39, 0.29) is 0 Å². The summed E-state index contributed by atoms with van der Waals surface area (Å²) in [6, 6.07) is 20.5. The molecule has 0 atom stereocenters. The zero-order valence-electron chi connectivity index (χ0n) is 11.4. The highest BCUT2D eigenvalue weighted by Gasteiger charge is 2.09. The van der Waals surface area contributed by atoms with Crippen LogP contribution in [-0.4, -0.2) is 9.78 Å². The predicted octanol–water partition coefficient (Wildman–Crippen LogP) is 4.57. The molecule has 0 radical (unpaired) electrons. The van der Waals surface area contributed by atoms with Crippen molar-refractivity contribution >= 4 is 6.08 Å². The Morgan fingerprint density at radius 3 is 2.20 bits per heavy atom. The van der Waals surface area contributed by atoms with Gasteiger partial charge in [0.1, 0.15) is 0 Å². The topological polar surface area (TPSA) is 17.8 Å². The molecule has 2 nitrogen and oxygen atoms in total. The van der Waals surface area contributed by atoms with Crippen molar-refractivity contribution in [3.05, 3.63) is 78.6 Å². The quantitative estimate of drug-likeness (QED) is 0.674. The molecule has 3 aromatic rings. The van der Waals surface area contributed by atoms with Gasteiger partial charge in [-0.25, -0.2) is 4.68 Å². The van der Waals surface area contributed by atoms with Crippen LogP contribution in [0.15, 0.2) is 72.9 Å². The van der Waals surface area contributed by atoms with Crippen molar-refractivity contribution in [2.45, 2.75) is 6.92 Å².